The summed E-state index contributed by atoms with van der Waals surface area (Å²) in [6.45, 7) is 4.46. The standard InChI is InChI=1S/C36H41ClN4O3/c1-44-33-21-27(24-10-3-2-4-11-24)29(37)20-28(33)35(42)34-31-15-16-32(41(31)22-25-12-5-6-14-30(25)38-34)36(43)40-19-9-13-26(40)23-39-17-7-8-18-39/h5-6,10,12,14-16,20-21,26,34,38H,2-4,7-9,11,13,17-19,22-23H2,1H3/t26-,34?/m0/s1. The van der Waals surface area contributed by atoms with Gasteiger partial charge < -0.3 is 24.4 Å². The van der Waals surface area contributed by atoms with Gasteiger partial charge in [-0.2, -0.15) is 0 Å². The van der Waals surface area contributed by atoms with Gasteiger partial charge in [0.2, 0.25) is 0 Å². The molecule has 1 aliphatic carbocycles. The molecule has 0 spiro atoms. The van der Waals surface area contributed by atoms with Crippen LogP contribution in [0.25, 0.3) is 5.57 Å². The van der Waals surface area contributed by atoms with Crippen molar-refractivity contribution >= 4 is 34.6 Å². The molecule has 1 amide bonds. The molecule has 3 aliphatic heterocycles. The number of hydrogen-bond acceptors (Lipinski definition) is 5. The molecule has 7 nitrogen and oxygen atoms in total. The van der Waals surface area contributed by atoms with Gasteiger partial charge in [0, 0.05) is 35.5 Å². The minimum Gasteiger partial charge on any atom is -0.496 e. The zero-order valence-electron chi connectivity index (χ0n) is 25.5. The lowest BCUT2D eigenvalue weighted by Gasteiger charge is -2.29. The van der Waals surface area contributed by atoms with Crippen molar-refractivity contribution in [1.82, 2.24) is 14.4 Å². The SMILES string of the molecule is COc1cc(C2=CCCCC2)c(Cl)cc1C(=O)C1Nc2ccccc2Cn2c(C(=O)N3CCC[C@H]3CN3CCCC3)ccc21. The van der Waals surface area contributed by atoms with E-state index in [9.17, 15) is 9.59 Å². The van der Waals surface area contributed by atoms with Gasteiger partial charge in [0.25, 0.3) is 5.91 Å². The van der Waals surface area contributed by atoms with Crippen LogP contribution in [0.2, 0.25) is 5.02 Å². The smallest absolute Gasteiger partial charge is 0.270 e. The summed E-state index contributed by atoms with van der Waals surface area (Å²) in [5.74, 6) is 0.418. The number of ether oxygens (including phenoxy) is 1. The number of amides is 1. The van der Waals surface area contributed by atoms with Gasteiger partial charge in [-0.3, -0.25) is 9.59 Å². The fourth-order valence-electron chi connectivity index (χ4n) is 7.60. The molecular weight excluding hydrogens is 572 g/mol. The molecule has 44 heavy (non-hydrogen) atoms. The van der Waals surface area contributed by atoms with Crippen LogP contribution in [0.1, 0.15) is 95.1 Å². The van der Waals surface area contributed by atoms with Crippen LogP contribution in [0.4, 0.5) is 5.69 Å². The lowest BCUT2D eigenvalue weighted by Crippen LogP contribution is -2.43. The quantitative estimate of drug-likeness (QED) is 0.286. The third-order valence-corrected chi connectivity index (χ3v) is 10.2. The number of carbonyl (C=O) groups is 2. The van der Waals surface area contributed by atoms with E-state index in [4.69, 9.17) is 16.3 Å². The van der Waals surface area contributed by atoms with E-state index in [0.717, 1.165) is 80.8 Å². The van der Waals surface area contributed by atoms with E-state index in [1.165, 1.54) is 24.8 Å². The highest BCUT2D eigenvalue weighted by atomic mass is 35.5. The van der Waals surface area contributed by atoms with E-state index in [-0.39, 0.29) is 17.7 Å². The fraction of sp³-hybridized carbons (Fsp3) is 0.444. The number of Topliss-reactive ketones (excluding diaryl/α,β-unsaturated/α-hetero) is 1. The van der Waals surface area contributed by atoms with Crippen molar-refractivity contribution in [2.24, 2.45) is 0 Å². The molecule has 0 radical (unpaired) electrons. The number of likely N-dealkylation sites (tertiary alicyclic amines) is 2. The van der Waals surface area contributed by atoms with Gasteiger partial charge in [0.15, 0.2) is 5.78 Å². The van der Waals surface area contributed by atoms with E-state index in [2.05, 4.69) is 27.3 Å². The number of hydrogen-bond donors (Lipinski definition) is 1. The number of allylic oxidation sites excluding steroid dienone is 2. The maximum Gasteiger partial charge on any atom is 0.270 e. The molecule has 3 aromatic rings. The summed E-state index contributed by atoms with van der Waals surface area (Å²) in [6.07, 6.45) is 11.1. The molecule has 8 heteroatoms. The largest absolute Gasteiger partial charge is 0.496 e. The fourth-order valence-corrected chi connectivity index (χ4v) is 7.88. The molecule has 1 unspecified atom stereocenters. The number of fused-ring (bicyclic) bond motifs is 2. The molecule has 230 valence electrons. The Labute approximate surface area is 264 Å². The second-order valence-electron chi connectivity index (χ2n) is 12.6. The predicted molar refractivity (Wildman–Crippen MR) is 175 cm³/mol. The summed E-state index contributed by atoms with van der Waals surface area (Å²) in [5.41, 5.74) is 5.90. The van der Waals surface area contributed by atoms with Gasteiger partial charge in [-0.15, -0.1) is 0 Å². The molecule has 2 atom stereocenters. The highest BCUT2D eigenvalue weighted by molar-refractivity contribution is 6.33. The van der Waals surface area contributed by atoms with Crippen molar-refractivity contribution in [2.75, 3.05) is 38.6 Å². The number of rotatable bonds is 7. The zero-order chi connectivity index (χ0) is 30.2. The predicted octanol–water partition coefficient (Wildman–Crippen LogP) is 7.21. The first kappa shape index (κ1) is 29.2. The molecule has 2 saturated heterocycles. The molecule has 2 aromatic carbocycles. The highest BCUT2D eigenvalue weighted by Gasteiger charge is 2.36. The number of para-hydroxylation sites is 1. The average Bonchev–Trinajstić information content (AvgIpc) is 3.81. The van der Waals surface area contributed by atoms with Crippen molar-refractivity contribution in [3.8, 4) is 5.75 Å². The molecule has 4 aliphatic rings. The van der Waals surface area contributed by atoms with E-state index in [1.807, 2.05) is 41.0 Å². The summed E-state index contributed by atoms with van der Waals surface area (Å²) in [7, 11) is 1.60. The van der Waals surface area contributed by atoms with Crippen LogP contribution in [0.5, 0.6) is 5.75 Å². The van der Waals surface area contributed by atoms with Crippen molar-refractivity contribution in [1.29, 1.82) is 0 Å². The number of nitrogens with zero attached hydrogens (tertiary/aromatic N) is 3. The lowest BCUT2D eigenvalue weighted by molar-refractivity contribution is 0.0697. The summed E-state index contributed by atoms with van der Waals surface area (Å²) < 4.78 is 7.85. The third kappa shape index (κ3) is 5.45. The monoisotopic (exact) mass is 612 g/mol. The lowest BCUT2D eigenvalue weighted by atomic mass is 9.91. The third-order valence-electron chi connectivity index (χ3n) is 9.93. The van der Waals surface area contributed by atoms with Crippen LogP contribution in [-0.4, -0.2) is 65.4 Å². The van der Waals surface area contributed by atoms with E-state index in [1.54, 1.807) is 13.2 Å². The second-order valence-corrected chi connectivity index (χ2v) is 13.0. The van der Waals surface area contributed by atoms with Crippen LogP contribution in [-0.2, 0) is 6.54 Å². The van der Waals surface area contributed by atoms with Crippen molar-refractivity contribution in [3.05, 3.63) is 87.7 Å². The van der Waals surface area contributed by atoms with Crippen molar-refractivity contribution in [3.63, 3.8) is 0 Å². The first-order valence-electron chi connectivity index (χ1n) is 16.2. The normalized spacial score (nSPS) is 21.7. The summed E-state index contributed by atoms with van der Waals surface area (Å²) in [4.78, 5) is 33.3. The maximum absolute atomic E-state index is 14.5. The number of halogens is 1. The Morgan fingerprint density at radius 2 is 1.84 bits per heavy atom. The van der Waals surface area contributed by atoms with Gasteiger partial charge in [0.05, 0.1) is 19.2 Å². The number of ketones is 1. The van der Waals surface area contributed by atoms with Crippen molar-refractivity contribution < 1.29 is 14.3 Å². The van der Waals surface area contributed by atoms with E-state index >= 15 is 0 Å². The van der Waals surface area contributed by atoms with Gasteiger partial charge in [-0.05, 0) is 111 Å². The van der Waals surface area contributed by atoms with Crippen LogP contribution in [0, 0.1) is 0 Å². The highest BCUT2D eigenvalue weighted by Crippen LogP contribution is 2.39. The molecule has 0 bridgehead atoms. The van der Waals surface area contributed by atoms with Gasteiger partial charge in [0.1, 0.15) is 17.5 Å². The Morgan fingerprint density at radius 1 is 1.00 bits per heavy atom. The summed E-state index contributed by atoms with van der Waals surface area (Å²) >= 11 is 6.85. The Bertz CT molecular complexity index is 1600. The number of nitrogens with one attached hydrogen (secondary N) is 1. The van der Waals surface area contributed by atoms with Crippen molar-refractivity contribution in [2.45, 2.75) is 70.0 Å². The maximum atomic E-state index is 14.5. The molecular formula is C36H41ClN4O3. The van der Waals surface area contributed by atoms with Crippen LogP contribution >= 0.6 is 11.6 Å². The van der Waals surface area contributed by atoms with Crippen LogP contribution in [0.15, 0.2) is 54.6 Å². The average molecular weight is 613 g/mol. The Hall–Kier alpha value is -3.55. The van der Waals surface area contributed by atoms with Gasteiger partial charge >= 0.3 is 0 Å². The van der Waals surface area contributed by atoms with E-state index in [0.29, 0.717) is 28.6 Å². The Balaban J connectivity index is 1.25. The van der Waals surface area contributed by atoms with E-state index < -0.39 is 6.04 Å². The topological polar surface area (TPSA) is 66.8 Å². The molecule has 1 N–H and O–H groups in total. The number of benzene rings is 2. The molecule has 7 rings (SSSR count). The minimum atomic E-state index is -0.719. The minimum absolute atomic E-state index is 0.0502. The first-order valence-corrected chi connectivity index (χ1v) is 16.6. The molecule has 4 heterocycles. The Morgan fingerprint density at radius 3 is 2.64 bits per heavy atom. The Kier molecular flexibility index (Phi) is 8.25. The summed E-state index contributed by atoms with van der Waals surface area (Å²) in [5, 5.41) is 4.09. The molecule has 0 saturated carbocycles. The van der Waals surface area contributed by atoms with Gasteiger partial charge in [-0.1, -0.05) is 35.9 Å². The number of aromatic nitrogens is 1. The molecule has 1 aromatic heterocycles. The number of methoxy groups -OCH3 is 1. The van der Waals surface area contributed by atoms with Gasteiger partial charge in [-0.25, -0.2) is 0 Å². The first-order chi connectivity index (χ1) is 21.5. The molecule has 2 fully saturated rings. The number of anilines is 1. The second kappa shape index (κ2) is 12.4. The van der Waals surface area contributed by atoms with Crippen LogP contribution < -0.4 is 10.1 Å². The summed E-state index contributed by atoms with van der Waals surface area (Å²) in [6, 6.07) is 15.1. The zero-order valence-corrected chi connectivity index (χ0v) is 26.2. The number of carbonyl (C=O) groups excluding carboxylic acids is 2. The van der Waals surface area contributed by atoms with Crippen LogP contribution in [0.3, 0.4) is 0 Å².